The summed E-state index contributed by atoms with van der Waals surface area (Å²) in [5.74, 6) is 0. The second kappa shape index (κ2) is 8.96. The molecule has 0 amide bonds. The van der Waals surface area contributed by atoms with Crippen molar-refractivity contribution in [3.05, 3.63) is 64.7 Å². The number of nitrogens with zero attached hydrogens (tertiary/aromatic N) is 1. The average Bonchev–Trinajstić information content (AvgIpc) is 2.48. The highest BCUT2D eigenvalue weighted by atomic mass is 35.5. The fourth-order valence-corrected chi connectivity index (χ4v) is 3.44. The lowest BCUT2D eigenvalue weighted by Crippen LogP contribution is -2.15. The second-order valence-corrected chi connectivity index (χ2v) is 6.01. The average molecular weight is 339 g/mol. The first kappa shape index (κ1) is 17.9. The molecule has 0 aliphatic heterocycles. The Labute approximate surface area is 140 Å². The van der Waals surface area contributed by atoms with E-state index in [1.54, 1.807) is 23.9 Å². The van der Waals surface area contributed by atoms with Crippen molar-refractivity contribution in [3.8, 4) is 6.07 Å². The molecule has 0 unspecified atom stereocenters. The molecule has 2 aromatic carbocycles. The quantitative estimate of drug-likeness (QED) is 0.803. The highest BCUT2D eigenvalue weighted by Gasteiger charge is 2.14. The van der Waals surface area contributed by atoms with Crippen molar-refractivity contribution in [3.63, 3.8) is 0 Å². The van der Waals surface area contributed by atoms with Crippen molar-refractivity contribution in [2.45, 2.75) is 10.1 Å². The van der Waals surface area contributed by atoms with Crippen molar-refractivity contribution in [2.75, 3.05) is 13.6 Å². The maximum atomic E-state index is 9.20. The van der Waals surface area contributed by atoms with Gasteiger partial charge in [-0.25, -0.2) is 0 Å². The van der Waals surface area contributed by atoms with Crippen LogP contribution in [0.3, 0.4) is 0 Å². The Bertz CT molecular complexity index is 611. The number of nitriles is 1. The van der Waals surface area contributed by atoms with Crippen LogP contribution in [0, 0.1) is 11.3 Å². The largest absolute Gasteiger partial charge is 0.318 e. The number of hydrogen-bond donors (Lipinski definition) is 1. The Balaban J connectivity index is 0.00000220. The smallest absolute Gasteiger partial charge is 0.100 e. The third-order valence-corrected chi connectivity index (χ3v) is 4.44. The molecule has 0 fully saturated rings. The Kier molecular flexibility index (Phi) is 7.63. The molecule has 110 valence electrons. The zero-order valence-corrected chi connectivity index (χ0v) is 13.9. The second-order valence-electron chi connectivity index (χ2n) is 4.33. The molecule has 2 rings (SSSR count). The Morgan fingerprint density at radius 1 is 1.24 bits per heavy atom. The van der Waals surface area contributed by atoms with Gasteiger partial charge in [0.15, 0.2) is 0 Å². The van der Waals surface area contributed by atoms with E-state index >= 15 is 0 Å². The van der Waals surface area contributed by atoms with Gasteiger partial charge in [0.05, 0.1) is 5.56 Å². The lowest BCUT2D eigenvalue weighted by atomic mass is 10.1. The van der Waals surface area contributed by atoms with Crippen LogP contribution in [0.25, 0.3) is 0 Å². The fraction of sp³-hybridized carbons (Fsp3) is 0.188. The minimum atomic E-state index is 0. The molecule has 0 spiro atoms. The molecule has 1 atom stereocenters. The third-order valence-electron chi connectivity index (χ3n) is 2.89. The molecular formula is C16H16Cl2N2S. The highest BCUT2D eigenvalue weighted by molar-refractivity contribution is 7.99. The van der Waals surface area contributed by atoms with E-state index in [9.17, 15) is 5.26 Å². The Hall–Kier alpha value is -1.18. The molecule has 0 aliphatic rings. The van der Waals surface area contributed by atoms with Crippen LogP contribution < -0.4 is 5.32 Å². The van der Waals surface area contributed by atoms with E-state index in [4.69, 9.17) is 11.6 Å². The monoisotopic (exact) mass is 338 g/mol. The molecule has 0 heterocycles. The zero-order chi connectivity index (χ0) is 14.4. The summed E-state index contributed by atoms with van der Waals surface area (Å²) in [7, 11) is 1.93. The number of likely N-dealkylation sites (N-methyl/N-ethyl adjacent to an activating group) is 1. The molecule has 0 saturated heterocycles. The predicted molar refractivity (Wildman–Crippen MR) is 92.4 cm³/mol. The molecule has 2 nitrogen and oxygen atoms in total. The van der Waals surface area contributed by atoms with Crippen molar-refractivity contribution in [1.29, 1.82) is 5.26 Å². The van der Waals surface area contributed by atoms with Gasteiger partial charge in [0, 0.05) is 21.7 Å². The summed E-state index contributed by atoms with van der Waals surface area (Å²) in [5, 5.41) is 13.3. The van der Waals surface area contributed by atoms with Gasteiger partial charge in [0.2, 0.25) is 0 Å². The molecule has 0 bridgehead atoms. The van der Waals surface area contributed by atoms with Gasteiger partial charge >= 0.3 is 0 Å². The van der Waals surface area contributed by atoms with Crippen molar-refractivity contribution in [2.24, 2.45) is 0 Å². The molecule has 0 radical (unpaired) electrons. The van der Waals surface area contributed by atoms with Crippen LogP contribution in [0.5, 0.6) is 0 Å². The van der Waals surface area contributed by atoms with E-state index in [0.29, 0.717) is 10.6 Å². The number of nitrogens with one attached hydrogen (secondary N) is 1. The van der Waals surface area contributed by atoms with Crippen LogP contribution in [0.15, 0.2) is 53.4 Å². The first-order valence-electron chi connectivity index (χ1n) is 6.30. The Morgan fingerprint density at radius 2 is 1.95 bits per heavy atom. The van der Waals surface area contributed by atoms with Crippen LogP contribution in [0.2, 0.25) is 5.02 Å². The lowest BCUT2D eigenvalue weighted by Gasteiger charge is -2.17. The van der Waals surface area contributed by atoms with E-state index in [1.165, 1.54) is 5.56 Å². The normalized spacial score (nSPS) is 11.3. The minimum absolute atomic E-state index is 0. The van der Waals surface area contributed by atoms with Gasteiger partial charge in [-0.3, -0.25) is 0 Å². The molecule has 5 heteroatoms. The molecule has 1 N–H and O–H groups in total. The van der Waals surface area contributed by atoms with Gasteiger partial charge in [-0.15, -0.1) is 24.2 Å². The van der Waals surface area contributed by atoms with E-state index < -0.39 is 0 Å². The summed E-state index contributed by atoms with van der Waals surface area (Å²) < 4.78 is 0. The van der Waals surface area contributed by atoms with Gasteiger partial charge < -0.3 is 5.32 Å². The molecule has 0 aliphatic carbocycles. The van der Waals surface area contributed by atoms with Crippen LogP contribution >= 0.6 is 35.8 Å². The molecule has 0 aromatic heterocycles. The summed E-state index contributed by atoms with van der Waals surface area (Å²) in [6, 6.07) is 17.9. The van der Waals surface area contributed by atoms with E-state index in [2.05, 4.69) is 23.5 Å². The van der Waals surface area contributed by atoms with Crippen LogP contribution in [0.4, 0.5) is 0 Å². The van der Waals surface area contributed by atoms with Crippen LogP contribution in [0.1, 0.15) is 16.4 Å². The molecule has 2 aromatic rings. The fourth-order valence-electron chi connectivity index (χ4n) is 1.92. The molecular weight excluding hydrogens is 323 g/mol. The number of rotatable bonds is 5. The number of halogens is 2. The number of thioether (sulfide) groups is 1. The van der Waals surface area contributed by atoms with Crippen molar-refractivity contribution >= 4 is 35.8 Å². The van der Waals surface area contributed by atoms with Crippen molar-refractivity contribution < 1.29 is 0 Å². The zero-order valence-electron chi connectivity index (χ0n) is 11.5. The minimum Gasteiger partial charge on any atom is -0.318 e. The van der Waals surface area contributed by atoms with E-state index in [0.717, 1.165) is 11.4 Å². The van der Waals surface area contributed by atoms with Crippen molar-refractivity contribution in [1.82, 2.24) is 5.32 Å². The maximum Gasteiger partial charge on any atom is 0.100 e. The van der Waals surface area contributed by atoms with Gasteiger partial charge in [-0.05, 0) is 30.8 Å². The summed E-state index contributed by atoms with van der Waals surface area (Å²) >= 11 is 7.70. The third kappa shape index (κ3) is 4.94. The van der Waals surface area contributed by atoms with Gasteiger partial charge in [0.25, 0.3) is 0 Å². The molecule has 0 saturated carbocycles. The topological polar surface area (TPSA) is 35.8 Å². The molecule has 21 heavy (non-hydrogen) atoms. The summed E-state index contributed by atoms with van der Waals surface area (Å²) in [6.45, 7) is 0.825. The van der Waals surface area contributed by atoms with Gasteiger partial charge in [-0.2, -0.15) is 5.26 Å². The number of hydrogen-bond acceptors (Lipinski definition) is 3. The van der Waals surface area contributed by atoms with Crippen LogP contribution in [-0.2, 0) is 0 Å². The van der Waals surface area contributed by atoms with Gasteiger partial charge in [0.1, 0.15) is 6.07 Å². The Morgan fingerprint density at radius 3 is 2.57 bits per heavy atom. The SMILES string of the molecule is CNC[C@@H](Sc1cc(Cl)ccc1C#N)c1ccccc1.Cl. The predicted octanol–water partition coefficient (Wildman–Crippen LogP) is 4.69. The lowest BCUT2D eigenvalue weighted by molar-refractivity contribution is 0.777. The summed E-state index contributed by atoms with van der Waals surface area (Å²) in [6.07, 6.45) is 0. The van der Waals surface area contributed by atoms with Crippen LogP contribution in [-0.4, -0.2) is 13.6 Å². The number of benzene rings is 2. The van der Waals surface area contributed by atoms with Gasteiger partial charge in [-0.1, -0.05) is 41.9 Å². The first-order valence-corrected chi connectivity index (χ1v) is 7.56. The van der Waals surface area contributed by atoms with E-state index in [-0.39, 0.29) is 17.7 Å². The first-order chi connectivity index (χ1) is 9.74. The highest BCUT2D eigenvalue weighted by Crippen LogP contribution is 2.37. The maximum absolute atomic E-state index is 9.20. The van der Waals surface area contributed by atoms with E-state index in [1.807, 2.05) is 31.3 Å². The summed E-state index contributed by atoms with van der Waals surface area (Å²) in [5.41, 5.74) is 1.90. The standard InChI is InChI=1S/C16H15ClN2S.ClH/c1-19-11-16(12-5-3-2-4-6-12)20-15-9-14(17)8-7-13(15)10-18;/h2-9,16,19H,11H2,1H3;1H/t16-;/m1./s1. The summed E-state index contributed by atoms with van der Waals surface area (Å²) in [4.78, 5) is 0.920.